The molecule has 0 radical (unpaired) electrons. The Morgan fingerprint density at radius 3 is 2.33 bits per heavy atom. The molecular formula is C6H10O2S. The lowest BCUT2D eigenvalue weighted by atomic mass is 10.3. The van der Waals surface area contributed by atoms with Gasteiger partial charge in [0.15, 0.2) is 5.12 Å². The minimum Gasteiger partial charge on any atom is -0.300 e. The minimum absolute atomic E-state index is 0.0231. The van der Waals surface area contributed by atoms with Crippen molar-refractivity contribution in [2.45, 2.75) is 20.3 Å². The highest BCUT2D eigenvalue weighted by Crippen LogP contribution is 2.03. The largest absolute Gasteiger partial charge is 0.300 e. The zero-order valence-corrected chi connectivity index (χ0v) is 6.46. The van der Waals surface area contributed by atoms with Crippen LogP contribution in [-0.2, 0) is 9.59 Å². The quantitative estimate of drug-likeness (QED) is 0.562. The molecule has 0 saturated carbocycles. The molecule has 0 aliphatic rings. The number of hydrogen-bond acceptors (Lipinski definition) is 3. The zero-order chi connectivity index (χ0) is 7.28. The third-order valence-corrected chi connectivity index (χ3v) is 1.45. The Bertz CT molecular complexity index is 120. The molecule has 0 saturated heterocycles. The fourth-order valence-corrected chi connectivity index (χ4v) is 1.04. The van der Waals surface area contributed by atoms with Gasteiger partial charge in [-0.1, -0.05) is 18.7 Å². The Labute approximate surface area is 59.0 Å². The summed E-state index contributed by atoms with van der Waals surface area (Å²) < 4.78 is 0. The summed E-state index contributed by atoms with van der Waals surface area (Å²) in [7, 11) is 0. The van der Waals surface area contributed by atoms with Crippen molar-refractivity contribution >= 4 is 22.7 Å². The van der Waals surface area contributed by atoms with Gasteiger partial charge < -0.3 is 0 Å². The van der Waals surface area contributed by atoms with Crippen LogP contribution in [0.2, 0.25) is 0 Å². The van der Waals surface area contributed by atoms with Crippen molar-refractivity contribution in [1.82, 2.24) is 0 Å². The summed E-state index contributed by atoms with van der Waals surface area (Å²) in [6.45, 7) is 3.32. The number of ketones is 1. The van der Waals surface area contributed by atoms with Crippen molar-refractivity contribution in [3.63, 3.8) is 0 Å². The highest BCUT2D eigenvalue weighted by Gasteiger charge is 2.02. The SMILES string of the molecule is CCSC(=O)CC(C)=O. The van der Waals surface area contributed by atoms with Crippen LogP contribution in [0.1, 0.15) is 20.3 Å². The summed E-state index contributed by atoms with van der Waals surface area (Å²) in [5.41, 5.74) is 0. The average molecular weight is 146 g/mol. The Balaban J connectivity index is 3.39. The van der Waals surface area contributed by atoms with Gasteiger partial charge in [-0.05, 0) is 12.7 Å². The fourth-order valence-electron chi connectivity index (χ4n) is 0.415. The molecule has 0 aromatic rings. The van der Waals surface area contributed by atoms with Crippen LogP contribution in [0.3, 0.4) is 0 Å². The van der Waals surface area contributed by atoms with Crippen LogP contribution < -0.4 is 0 Å². The average Bonchev–Trinajstić information content (AvgIpc) is 1.63. The maximum Gasteiger partial charge on any atom is 0.196 e. The van der Waals surface area contributed by atoms with E-state index in [1.165, 1.54) is 18.7 Å². The molecule has 0 heterocycles. The van der Waals surface area contributed by atoms with Crippen LogP contribution >= 0.6 is 11.8 Å². The van der Waals surface area contributed by atoms with E-state index in [0.29, 0.717) is 0 Å². The molecule has 0 aliphatic carbocycles. The Morgan fingerprint density at radius 1 is 1.44 bits per heavy atom. The number of Topliss-reactive ketones (excluding diaryl/α,β-unsaturated/α-hetero) is 1. The molecule has 0 aliphatic heterocycles. The first-order valence-corrected chi connectivity index (χ1v) is 3.80. The van der Waals surface area contributed by atoms with Gasteiger partial charge in [0.1, 0.15) is 5.78 Å². The van der Waals surface area contributed by atoms with E-state index in [4.69, 9.17) is 0 Å². The first kappa shape index (κ1) is 8.69. The smallest absolute Gasteiger partial charge is 0.196 e. The highest BCUT2D eigenvalue weighted by molar-refractivity contribution is 8.13. The maximum atomic E-state index is 10.6. The van der Waals surface area contributed by atoms with Crippen molar-refractivity contribution < 1.29 is 9.59 Å². The predicted molar refractivity (Wildman–Crippen MR) is 38.4 cm³/mol. The lowest BCUT2D eigenvalue weighted by Crippen LogP contribution is -1.99. The molecule has 0 N–H and O–H groups in total. The number of carbonyl (C=O) groups excluding carboxylic acids is 2. The molecule has 0 rings (SSSR count). The summed E-state index contributed by atoms with van der Waals surface area (Å²) in [6, 6.07) is 0. The number of hydrogen-bond donors (Lipinski definition) is 0. The van der Waals surface area contributed by atoms with Gasteiger partial charge in [0.2, 0.25) is 0 Å². The van der Waals surface area contributed by atoms with E-state index in [0.717, 1.165) is 5.75 Å². The van der Waals surface area contributed by atoms with E-state index in [9.17, 15) is 9.59 Å². The van der Waals surface area contributed by atoms with E-state index in [2.05, 4.69) is 0 Å². The first-order chi connectivity index (χ1) is 4.16. The first-order valence-electron chi connectivity index (χ1n) is 2.82. The van der Waals surface area contributed by atoms with Crippen LogP contribution in [0.15, 0.2) is 0 Å². The van der Waals surface area contributed by atoms with Crippen LogP contribution in [-0.4, -0.2) is 16.7 Å². The Hall–Kier alpha value is -0.310. The molecule has 0 aromatic heterocycles. The molecule has 9 heavy (non-hydrogen) atoms. The van der Waals surface area contributed by atoms with Gasteiger partial charge in [-0.2, -0.15) is 0 Å². The number of thioether (sulfide) groups is 1. The second-order valence-corrected chi connectivity index (χ2v) is 3.01. The normalized spacial score (nSPS) is 9.11. The summed E-state index contributed by atoms with van der Waals surface area (Å²) in [5, 5.41) is -0.0231. The molecule has 0 unspecified atom stereocenters. The number of carbonyl (C=O) groups is 2. The summed E-state index contributed by atoms with van der Waals surface area (Å²) in [4.78, 5) is 20.9. The van der Waals surface area contributed by atoms with Crippen molar-refractivity contribution in [1.29, 1.82) is 0 Å². The lowest BCUT2D eigenvalue weighted by molar-refractivity contribution is -0.121. The molecule has 0 spiro atoms. The van der Waals surface area contributed by atoms with E-state index in [1.807, 2.05) is 6.92 Å². The second kappa shape index (κ2) is 4.56. The molecule has 52 valence electrons. The van der Waals surface area contributed by atoms with Gasteiger partial charge in [-0.3, -0.25) is 9.59 Å². The van der Waals surface area contributed by atoms with E-state index in [-0.39, 0.29) is 17.3 Å². The lowest BCUT2D eigenvalue weighted by Gasteiger charge is -1.90. The Morgan fingerprint density at radius 2 is 2.00 bits per heavy atom. The highest BCUT2D eigenvalue weighted by atomic mass is 32.2. The summed E-state index contributed by atoms with van der Waals surface area (Å²) >= 11 is 1.20. The zero-order valence-electron chi connectivity index (χ0n) is 5.64. The van der Waals surface area contributed by atoms with Gasteiger partial charge in [-0.25, -0.2) is 0 Å². The van der Waals surface area contributed by atoms with Crippen LogP contribution in [0.25, 0.3) is 0 Å². The Kier molecular flexibility index (Phi) is 4.40. The molecule has 0 aromatic carbocycles. The molecule has 2 nitrogen and oxygen atoms in total. The van der Waals surface area contributed by atoms with Gasteiger partial charge in [0, 0.05) is 0 Å². The van der Waals surface area contributed by atoms with Crippen LogP contribution in [0.5, 0.6) is 0 Å². The minimum atomic E-state index is -0.0547. The number of rotatable bonds is 3. The van der Waals surface area contributed by atoms with E-state index in [1.54, 1.807) is 0 Å². The molecular weight excluding hydrogens is 136 g/mol. The van der Waals surface area contributed by atoms with Crippen molar-refractivity contribution in [2.75, 3.05) is 5.75 Å². The van der Waals surface area contributed by atoms with Gasteiger partial charge >= 0.3 is 0 Å². The van der Waals surface area contributed by atoms with Gasteiger partial charge in [-0.15, -0.1) is 0 Å². The van der Waals surface area contributed by atoms with Crippen molar-refractivity contribution in [3.05, 3.63) is 0 Å². The third-order valence-electron chi connectivity index (χ3n) is 0.699. The van der Waals surface area contributed by atoms with E-state index < -0.39 is 0 Å². The molecule has 0 fully saturated rings. The van der Waals surface area contributed by atoms with Crippen LogP contribution in [0.4, 0.5) is 0 Å². The van der Waals surface area contributed by atoms with Gasteiger partial charge in [0.25, 0.3) is 0 Å². The summed E-state index contributed by atoms with van der Waals surface area (Å²) in [6.07, 6.45) is 0.0819. The fraction of sp³-hybridized carbons (Fsp3) is 0.667. The standard InChI is InChI=1S/C6H10O2S/c1-3-9-6(8)4-5(2)7/h3-4H2,1-2H3. The molecule has 0 bridgehead atoms. The van der Waals surface area contributed by atoms with Crippen molar-refractivity contribution in [3.8, 4) is 0 Å². The summed E-state index contributed by atoms with van der Waals surface area (Å²) in [5.74, 6) is 0.701. The van der Waals surface area contributed by atoms with Gasteiger partial charge in [0.05, 0.1) is 6.42 Å². The molecule has 0 amide bonds. The van der Waals surface area contributed by atoms with E-state index >= 15 is 0 Å². The van der Waals surface area contributed by atoms with Crippen molar-refractivity contribution in [2.24, 2.45) is 0 Å². The molecule has 3 heteroatoms. The second-order valence-electron chi connectivity index (χ2n) is 1.68. The molecule has 0 atom stereocenters. The topological polar surface area (TPSA) is 34.1 Å². The maximum absolute atomic E-state index is 10.6. The monoisotopic (exact) mass is 146 g/mol. The van der Waals surface area contributed by atoms with Crippen LogP contribution in [0, 0.1) is 0 Å². The third kappa shape index (κ3) is 5.56. The predicted octanol–water partition coefficient (Wildman–Crippen LogP) is 1.25.